The Balaban J connectivity index is 3.07. The minimum absolute atomic E-state index is 0.717. The molecule has 1 aromatic rings. The molecule has 14 heavy (non-hydrogen) atoms. The first-order valence-electron chi connectivity index (χ1n) is 4.60. The van der Waals surface area contributed by atoms with Gasteiger partial charge in [-0.05, 0) is 6.42 Å². The monoisotopic (exact) mass is 219 g/mol. The van der Waals surface area contributed by atoms with Crippen LogP contribution in [-0.2, 0) is 23.6 Å². The van der Waals surface area contributed by atoms with E-state index < -0.39 is 10.1 Å². The zero-order chi connectivity index (χ0) is 10.8. The molecule has 0 amide bonds. The summed E-state index contributed by atoms with van der Waals surface area (Å²) in [6, 6.07) is 0. The number of unbranched alkanes of at least 4 members (excludes halogenated alkanes) is 1. The number of aromatic nitrogens is 2. The standard InChI is InChI=1S/C9H16FN2OS/c1-4-5-6-9-11(2)7-8-12(9)14(3,10)13/h7-8H,3-6H2,1-2H3/q+1. The highest BCUT2D eigenvalue weighted by molar-refractivity contribution is 7.94. The van der Waals surface area contributed by atoms with E-state index in [-0.39, 0.29) is 0 Å². The van der Waals surface area contributed by atoms with Crippen molar-refractivity contribution in [1.82, 2.24) is 3.97 Å². The molecule has 0 saturated heterocycles. The van der Waals surface area contributed by atoms with Gasteiger partial charge in [0, 0.05) is 5.87 Å². The van der Waals surface area contributed by atoms with Crippen molar-refractivity contribution in [3.63, 3.8) is 0 Å². The van der Waals surface area contributed by atoms with Crippen molar-refractivity contribution >= 4 is 16.0 Å². The van der Waals surface area contributed by atoms with Crippen LogP contribution in [0.5, 0.6) is 0 Å². The minimum Gasteiger partial charge on any atom is -0.236 e. The van der Waals surface area contributed by atoms with Gasteiger partial charge < -0.3 is 0 Å². The maximum absolute atomic E-state index is 13.2. The minimum atomic E-state index is -3.65. The van der Waals surface area contributed by atoms with E-state index >= 15 is 0 Å². The van der Waals surface area contributed by atoms with Crippen LogP contribution < -0.4 is 4.57 Å². The predicted octanol–water partition coefficient (Wildman–Crippen LogP) is 1.02. The molecule has 5 heteroatoms. The number of hydrogen-bond donors (Lipinski definition) is 0. The second-order valence-corrected chi connectivity index (χ2v) is 4.84. The Labute approximate surface area is 84.6 Å². The molecular weight excluding hydrogens is 203 g/mol. The second-order valence-electron chi connectivity index (χ2n) is 3.32. The first kappa shape index (κ1) is 11.2. The SMILES string of the molecule is C=S(=O)(F)n1cc[n+](C)c1CCCC. The molecule has 0 saturated carbocycles. The molecule has 1 heterocycles. The summed E-state index contributed by atoms with van der Waals surface area (Å²) in [5.41, 5.74) is 0. The van der Waals surface area contributed by atoms with Gasteiger partial charge in [-0.15, -0.1) is 7.86 Å². The number of halogens is 1. The van der Waals surface area contributed by atoms with E-state index in [9.17, 15) is 8.09 Å². The zero-order valence-corrected chi connectivity index (χ0v) is 9.39. The van der Waals surface area contributed by atoms with Gasteiger partial charge >= 0.3 is 0 Å². The van der Waals surface area contributed by atoms with Crippen molar-refractivity contribution < 1.29 is 12.7 Å². The molecule has 1 rings (SSSR count). The third kappa shape index (κ3) is 2.35. The fraction of sp³-hybridized carbons (Fsp3) is 0.556. The molecule has 0 radical (unpaired) electrons. The lowest BCUT2D eigenvalue weighted by atomic mass is 10.2. The van der Waals surface area contributed by atoms with Crippen LogP contribution in [0.15, 0.2) is 12.4 Å². The van der Waals surface area contributed by atoms with Gasteiger partial charge in [0.25, 0.3) is 15.9 Å². The van der Waals surface area contributed by atoms with Crippen molar-refractivity contribution in [3.8, 4) is 0 Å². The fourth-order valence-corrected chi connectivity index (χ4v) is 2.13. The zero-order valence-electron chi connectivity index (χ0n) is 8.57. The van der Waals surface area contributed by atoms with Crippen LogP contribution in [0.25, 0.3) is 0 Å². The van der Waals surface area contributed by atoms with Crippen molar-refractivity contribution in [2.75, 3.05) is 0 Å². The Hall–Kier alpha value is -0.840. The lowest BCUT2D eigenvalue weighted by Crippen LogP contribution is -2.32. The molecule has 0 N–H and O–H groups in total. The number of aryl methyl sites for hydroxylation is 1. The molecule has 1 atom stereocenters. The molecule has 1 unspecified atom stereocenters. The van der Waals surface area contributed by atoms with Crippen LogP contribution in [0.4, 0.5) is 3.89 Å². The highest BCUT2D eigenvalue weighted by Gasteiger charge is 2.20. The van der Waals surface area contributed by atoms with E-state index in [1.54, 1.807) is 10.8 Å². The summed E-state index contributed by atoms with van der Waals surface area (Å²) < 4.78 is 27.3. The van der Waals surface area contributed by atoms with E-state index in [1.807, 2.05) is 7.05 Å². The molecule has 0 spiro atoms. The Kier molecular flexibility index (Phi) is 3.31. The van der Waals surface area contributed by atoms with Crippen molar-refractivity contribution in [2.24, 2.45) is 7.05 Å². The molecule has 0 aliphatic heterocycles. The summed E-state index contributed by atoms with van der Waals surface area (Å²) in [5, 5.41) is 0. The Bertz CT molecular complexity index is 408. The highest BCUT2D eigenvalue weighted by Crippen LogP contribution is 2.06. The Morgan fingerprint density at radius 2 is 2.36 bits per heavy atom. The molecule has 80 valence electrons. The summed E-state index contributed by atoms with van der Waals surface area (Å²) in [5.74, 6) is 3.75. The van der Waals surface area contributed by atoms with E-state index in [2.05, 4.69) is 12.8 Å². The maximum Gasteiger partial charge on any atom is 0.276 e. The summed E-state index contributed by atoms with van der Waals surface area (Å²) in [7, 11) is -1.84. The lowest BCUT2D eigenvalue weighted by Gasteiger charge is -1.99. The quantitative estimate of drug-likeness (QED) is 0.422. The third-order valence-electron chi connectivity index (χ3n) is 2.13. The van der Waals surface area contributed by atoms with E-state index in [1.165, 1.54) is 6.20 Å². The molecule has 0 bridgehead atoms. The summed E-state index contributed by atoms with van der Waals surface area (Å²) in [6.45, 7) is 2.06. The smallest absolute Gasteiger partial charge is 0.236 e. The second kappa shape index (κ2) is 4.13. The van der Waals surface area contributed by atoms with Gasteiger partial charge in [-0.25, -0.2) is 4.57 Å². The summed E-state index contributed by atoms with van der Waals surface area (Å²) >= 11 is 0. The van der Waals surface area contributed by atoms with Crippen LogP contribution in [0.3, 0.4) is 0 Å². The highest BCUT2D eigenvalue weighted by atomic mass is 32.3. The van der Waals surface area contributed by atoms with Gasteiger partial charge in [-0.3, -0.25) is 0 Å². The van der Waals surface area contributed by atoms with Crippen molar-refractivity contribution in [2.45, 2.75) is 26.2 Å². The van der Waals surface area contributed by atoms with Crippen molar-refractivity contribution in [1.29, 1.82) is 0 Å². The van der Waals surface area contributed by atoms with Gasteiger partial charge in [0.1, 0.15) is 12.4 Å². The normalized spacial score (nSPS) is 15.4. The summed E-state index contributed by atoms with van der Waals surface area (Å²) in [6.07, 6.45) is 5.86. The molecule has 0 aromatic carbocycles. The topological polar surface area (TPSA) is 25.9 Å². The fourth-order valence-electron chi connectivity index (χ4n) is 1.36. The number of rotatable bonds is 4. The van der Waals surface area contributed by atoms with Gasteiger partial charge in [0.05, 0.1) is 13.5 Å². The van der Waals surface area contributed by atoms with E-state index in [0.717, 1.165) is 23.2 Å². The number of imidazole rings is 1. The van der Waals surface area contributed by atoms with Crippen LogP contribution in [0.1, 0.15) is 25.6 Å². The Morgan fingerprint density at radius 3 is 2.86 bits per heavy atom. The number of hydrogen-bond acceptors (Lipinski definition) is 1. The van der Waals surface area contributed by atoms with Crippen LogP contribution >= 0.6 is 0 Å². The molecular formula is C9H16FN2OS+. The van der Waals surface area contributed by atoms with Gasteiger partial charge in [0.15, 0.2) is 0 Å². The molecule has 0 aliphatic rings. The average Bonchev–Trinajstić information content (AvgIpc) is 2.42. The molecule has 1 aromatic heterocycles. The van der Waals surface area contributed by atoms with Crippen LogP contribution in [0.2, 0.25) is 0 Å². The Morgan fingerprint density at radius 1 is 1.71 bits per heavy atom. The van der Waals surface area contributed by atoms with E-state index in [0.29, 0.717) is 5.82 Å². The number of nitrogens with zero attached hydrogens (tertiary/aromatic N) is 2. The lowest BCUT2D eigenvalue weighted by molar-refractivity contribution is -0.678. The van der Waals surface area contributed by atoms with Crippen LogP contribution in [0, 0.1) is 0 Å². The summed E-state index contributed by atoms with van der Waals surface area (Å²) in [4.78, 5) is 0. The largest absolute Gasteiger partial charge is 0.276 e. The van der Waals surface area contributed by atoms with Gasteiger partial charge in [0.2, 0.25) is 0 Å². The maximum atomic E-state index is 13.2. The molecule has 0 fully saturated rings. The van der Waals surface area contributed by atoms with Crippen LogP contribution in [-0.4, -0.2) is 14.1 Å². The molecule has 0 aliphatic carbocycles. The van der Waals surface area contributed by atoms with Crippen molar-refractivity contribution in [3.05, 3.63) is 18.2 Å². The third-order valence-corrected chi connectivity index (χ3v) is 3.05. The average molecular weight is 219 g/mol. The van der Waals surface area contributed by atoms with E-state index in [4.69, 9.17) is 0 Å². The van der Waals surface area contributed by atoms with Gasteiger partial charge in [-0.1, -0.05) is 13.3 Å². The first-order chi connectivity index (χ1) is 6.46. The van der Waals surface area contributed by atoms with Gasteiger partial charge in [-0.2, -0.15) is 4.21 Å². The predicted molar refractivity (Wildman–Crippen MR) is 56.0 cm³/mol. The molecule has 3 nitrogen and oxygen atoms in total. The first-order valence-corrected chi connectivity index (χ1v) is 6.18.